The summed E-state index contributed by atoms with van der Waals surface area (Å²) in [5.41, 5.74) is 6.19. The van der Waals surface area contributed by atoms with Crippen LogP contribution in [0.3, 0.4) is 0 Å². The van der Waals surface area contributed by atoms with Crippen LogP contribution in [0.5, 0.6) is 5.75 Å². The lowest BCUT2D eigenvalue weighted by atomic mass is 10.0. The molecular formula is C15H22ClFN2O2. The average molecular weight is 317 g/mol. The highest BCUT2D eigenvalue weighted by Gasteiger charge is 2.29. The zero-order chi connectivity index (χ0) is 14.7. The first-order chi connectivity index (χ1) is 9.52. The van der Waals surface area contributed by atoms with Crippen LogP contribution in [0, 0.1) is 11.7 Å². The average Bonchev–Trinajstić information content (AvgIpc) is 2.84. The molecule has 1 fully saturated rings. The van der Waals surface area contributed by atoms with E-state index < -0.39 is 6.04 Å². The lowest BCUT2D eigenvalue weighted by molar-refractivity contribution is -0.125. The number of methoxy groups -OCH3 is 1. The van der Waals surface area contributed by atoms with E-state index in [-0.39, 0.29) is 36.1 Å². The summed E-state index contributed by atoms with van der Waals surface area (Å²) in [4.78, 5) is 12.2. The minimum absolute atomic E-state index is 0. The Labute approximate surface area is 130 Å². The molecule has 0 radical (unpaired) electrons. The van der Waals surface area contributed by atoms with Gasteiger partial charge in [0.1, 0.15) is 11.6 Å². The Bertz CT molecular complexity index is 499. The summed E-state index contributed by atoms with van der Waals surface area (Å²) in [6.45, 7) is 1.76. The van der Waals surface area contributed by atoms with Gasteiger partial charge >= 0.3 is 0 Å². The van der Waals surface area contributed by atoms with Gasteiger partial charge in [-0.1, -0.05) is 6.07 Å². The molecule has 4 nitrogen and oxygen atoms in total. The molecule has 3 atom stereocenters. The third-order valence-electron chi connectivity index (χ3n) is 3.87. The Morgan fingerprint density at radius 2 is 2.19 bits per heavy atom. The number of benzene rings is 1. The van der Waals surface area contributed by atoms with Crippen LogP contribution in [0.2, 0.25) is 0 Å². The van der Waals surface area contributed by atoms with Gasteiger partial charge in [0.25, 0.3) is 0 Å². The minimum Gasteiger partial charge on any atom is -0.496 e. The van der Waals surface area contributed by atoms with E-state index in [1.807, 2.05) is 0 Å². The van der Waals surface area contributed by atoms with Crippen molar-refractivity contribution in [3.05, 3.63) is 29.6 Å². The molecule has 6 heteroatoms. The summed E-state index contributed by atoms with van der Waals surface area (Å²) in [7, 11) is 1.49. The fourth-order valence-corrected chi connectivity index (χ4v) is 2.77. The van der Waals surface area contributed by atoms with Crippen molar-refractivity contribution in [2.45, 2.75) is 38.3 Å². The van der Waals surface area contributed by atoms with Crippen molar-refractivity contribution in [1.29, 1.82) is 0 Å². The highest BCUT2D eigenvalue weighted by molar-refractivity contribution is 5.85. The smallest absolute Gasteiger partial charge is 0.223 e. The number of rotatable bonds is 4. The minimum atomic E-state index is -0.435. The van der Waals surface area contributed by atoms with Crippen molar-refractivity contribution in [3.63, 3.8) is 0 Å². The van der Waals surface area contributed by atoms with Crippen LogP contribution in [0.15, 0.2) is 18.2 Å². The van der Waals surface area contributed by atoms with E-state index in [2.05, 4.69) is 5.32 Å². The molecule has 21 heavy (non-hydrogen) atoms. The van der Waals surface area contributed by atoms with Crippen LogP contribution in [-0.4, -0.2) is 19.1 Å². The fourth-order valence-electron chi connectivity index (χ4n) is 2.77. The molecule has 0 aliphatic heterocycles. The number of hydrogen-bond acceptors (Lipinski definition) is 3. The zero-order valence-corrected chi connectivity index (χ0v) is 13.1. The van der Waals surface area contributed by atoms with Gasteiger partial charge in [0.05, 0.1) is 18.7 Å². The maximum atomic E-state index is 13.9. The van der Waals surface area contributed by atoms with E-state index in [9.17, 15) is 9.18 Å². The van der Waals surface area contributed by atoms with Gasteiger partial charge in [-0.15, -0.1) is 12.4 Å². The van der Waals surface area contributed by atoms with Crippen LogP contribution < -0.4 is 15.8 Å². The topological polar surface area (TPSA) is 64.3 Å². The third kappa shape index (κ3) is 4.08. The summed E-state index contributed by atoms with van der Waals surface area (Å²) in [6.07, 6.45) is 2.37. The predicted octanol–water partition coefficient (Wildman–Crippen LogP) is 2.56. The maximum Gasteiger partial charge on any atom is 0.223 e. The quantitative estimate of drug-likeness (QED) is 0.897. The highest BCUT2D eigenvalue weighted by atomic mass is 35.5. The van der Waals surface area contributed by atoms with Gasteiger partial charge in [0.2, 0.25) is 5.91 Å². The van der Waals surface area contributed by atoms with Crippen LogP contribution in [0.25, 0.3) is 0 Å². The zero-order valence-electron chi connectivity index (χ0n) is 12.3. The van der Waals surface area contributed by atoms with Crippen molar-refractivity contribution in [2.75, 3.05) is 7.11 Å². The van der Waals surface area contributed by atoms with E-state index in [0.717, 1.165) is 12.8 Å². The van der Waals surface area contributed by atoms with Crippen LogP contribution in [0.1, 0.15) is 37.8 Å². The molecule has 0 spiro atoms. The standard InChI is InChI=1S/C15H21FN2O2.ClH/c1-9(14-12(16)4-3-5-13(14)20-2)18-15(19)10-6-7-11(17)8-10;/h3-5,9-11H,6-8,17H2,1-2H3,(H,18,19);1H. The lowest BCUT2D eigenvalue weighted by Crippen LogP contribution is -2.33. The number of carbonyl (C=O) groups is 1. The second-order valence-electron chi connectivity index (χ2n) is 5.36. The highest BCUT2D eigenvalue weighted by Crippen LogP contribution is 2.29. The summed E-state index contributed by atoms with van der Waals surface area (Å²) in [6, 6.07) is 4.31. The second-order valence-corrected chi connectivity index (χ2v) is 5.36. The van der Waals surface area contributed by atoms with Crippen molar-refractivity contribution in [1.82, 2.24) is 5.32 Å². The molecule has 0 bridgehead atoms. The molecule has 1 aromatic rings. The molecule has 0 heterocycles. The molecule has 1 amide bonds. The lowest BCUT2D eigenvalue weighted by Gasteiger charge is -2.20. The maximum absolute atomic E-state index is 13.9. The Balaban J connectivity index is 0.00000220. The largest absolute Gasteiger partial charge is 0.496 e. The molecule has 2 rings (SSSR count). The number of nitrogens with one attached hydrogen (secondary N) is 1. The number of halogens is 2. The normalized spacial score (nSPS) is 22.3. The summed E-state index contributed by atoms with van der Waals surface area (Å²) in [5.74, 6) is -0.0535. The SMILES string of the molecule is COc1cccc(F)c1C(C)NC(=O)C1CCC(N)C1.Cl. The van der Waals surface area contributed by atoms with Gasteiger partial charge in [-0.25, -0.2) is 4.39 Å². The Morgan fingerprint density at radius 3 is 2.76 bits per heavy atom. The third-order valence-corrected chi connectivity index (χ3v) is 3.87. The second kappa shape index (κ2) is 7.61. The molecule has 1 aliphatic rings. The van der Waals surface area contributed by atoms with Crippen LogP contribution in [-0.2, 0) is 4.79 Å². The molecule has 0 aromatic heterocycles. The van der Waals surface area contributed by atoms with E-state index in [4.69, 9.17) is 10.5 Å². The Kier molecular flexibility index (Phi) is 6.42. The van der Waals surface area contributed by atoms with Gasteiger partial charge in [-0.05, 0) is 38.3 Å². The summed E-state index contributed by atoms with van der Waals surface area (Å²) < 4.78 is 19.1. The van der Waals surface area contributed by atoms with Gasteiger partial charge in [0, 0.05) is 12.0 Å². The number of amides is 1. The van der Waals surface area contributed by atoms with Crippen molar-refractivity contribution >= 4 is 18.3 Å². The Hall–Kier alpha value is -1.33. The fraction of sp³-hybridized carbons (Fsp3) is 0.533. The molecule has 0 saturated heterocycles. The first-order valence-electron chi connectivity index (χ1n) is 6.91. The van der Waals surface area contributed by atoms with E-state index in [0.29, 0.717) is 17.7 Å². The number of ether oxygens (including phenoxy) is 1. The molecule has 1 aliphatic carbocycles. The molecular weight excluding hydrogens is 295 g/mol. The van der Waals surface area contributed by atoms with E-state index in [1.165, 1.54) is 13.2 Å². The Morgan fingerprint density at radius 1 is 1.48 bits per heavy atom. The summed E-state index contributed by atoms with van der Waals surface area (Å²) >= 11 is 0. The van der Waals surface area contributed by atoms with Gasteiger partial charge in [-0.2, -0.15) is 0 Å². The van der Waals surface area contributed by atoms with Gasteiger partial charge in [-0.3, -0.25) is 4.79 Å². The monoisotopic (exact) mass is 316 g/mol. The molecule has 3 unspecified atom stereocenters. The molecule has 118 valence electrons. The number of carbonyl (C=O) groups excluding carboxylic acids is 1. The van der Waals surface area contributed by atoms with Crippen molar-refractivity contribution < 1.29 is 13.9 Å². The van der Waals surface area contributed by atoms with Crippen molar-refractivity contribution in [3.8, 4) is 5.75 Å². The number of hydrogen-bond donors (Lipinski definition) is 2. The molecule has 1 saturated carbocycles. The van der Waals surface area contributed by atoms with Gasteiger partial charge < -0.3 is 15.8 Å². The molecule has 1 aromatic carbocycles. The first-order valence-corrected chi connectivity index (χ1v) is 6.91. The van der Waals surface area contributed by atoms with E-state index >= 15 is 0 Å². The van der Waals surface area contributed by atoms with Crippen molar-refractivity contribution in [2.24, 2.45) is 11.7 Å². The van der Waals surface area contributed by atoms with Crippen LogP contribution in [0.4, 0.5) is 4.39 Å². The number of nitrogens with two attached hydrogens (primary N) is 1. The van der Waals surface area contributed by atoms with E-state index in [1.54, 1.807) is 19.1 Å². The van der Waals surface area contributed by atoms with Crippen LogP contribution >= 0.6 is 12.4 Å². The van der Waals surface area contributed by atoms with Gasteiger partial charge in [0.15, 0.2) is 0 Å². The first kappa shape index (κ1) is 17.7. The molecule has 3 N–H and O–H groups in total. The summed E-state index contributed by atoms with van der Waals surface area (Å²) in [5, 5.41) is 2.86. The predicted molar refractivity (Wildman–Crippen MR) is 82.1 cm³/mol.